The Balaban J connectivity index is 1.99. The number of allylic oxidation sites excluding steroid dienone is 1. The predicted molar refractivity (Wildman–Crippen MR) is 132 cm³/mol. The summed E-state index contributed by atoms with van der Waals surface area (Å²) >= 11 is 6.43. The quantitative estimate of drug-likeness (QED) is 0.442. The molecule has 0 saturated carbocycles. The lowest BCUT2D eigenvalue weighted by atomic mass is 9.68. The van der Waals surface area contributed by atoms with Crippen molar-refractivity contribution in [2.24, 2.45) is 11.8 Å². The van der Waals surface area contributed by atoms with Crippen molar-refractivity contribution < 1.29 is 23.8 Å². The molecule has 1 amide bonds. The van der Waals surface area contributed by atoms with Crippen molar-refractivity contribution in [2.75, 3.05) is 11.5 Å². The zero-order valence-electron chi connectivity index (χ0n) is 20.2. The summed E-state index contributed by atoms with van der Waals surface area (Å²) in [6, 6.07) is 9.26. The van der Waals surface area contributed by atoms with Crippen LogP contribution in [0.25, 0.3) is 0 Å². The van der Waals surface area contributed by atoms with Crippen molar-refractivity contribution in [3.8, 4) is 5.75 Å². The number of anilines is 1. The van der Waals surface area contributed by atoms with E-state index in [4.69, 9.17) is 21.4 Å². The molecule has 3 rings (SSSR count). The third-order valence-corrected chi connectivity index (χ3v) is 6.55. The SMILES string of the molecule is CC(C)CCOc1c(F)cc([C@]2(C)CC(=O)N(c3ccc(C(=O)O)cc3)C=C2C(C)C)cc1Cl. The molecule has 0 radical (unpaired) electrons. The number of hydrogen-bond acceptors (Lipinski definition) is 3. The molecular formula is C27H31ClFNO4. The predicted octanol–water partition coefficient (Wildman–Crippen LogP) is 6.84. The first kappa shape index (κ1) is 25.8. The van der Waals surface area contributed by atoms with E-state index in [-0.39, 0.29) is 34.6 Å². The smallest absolute Gasteiger partial charge is 0.335 e. The number of hydrogen-bond donors (Lipinski definition) is 1. The molecule has 1 aliphatic heterocycles. The zero-order valence-corrected chi connectivity index (χ0v) is 20.9. The number of carboxylic acid groups (broad SMARTS) is 1. The van der Waals surface area contributed by atoms with Crippen molar-refractivity contribution in [2.45, 2.75) is 52.9 Å². The second-order valence-electron chi connectivity index (χ2n) is 9.66. The van der Waals surface area contributed by atoms with Crippen molar-refractivity contribution in [3.63, 3.8) is 0 Å². The molecule has 1 aliphatic rings. The van der Waals surface area contributed by atoms with E-state index in [0.717, 1.165) is 12.0 Å². The fraction of sp³-hybridized carbons (Fsp3) is 0.407. The largest absolute Gasteiger partial charge is 0.489 e. The molecule has 0 aromatic heterocycles. The highest BCUT2D eigenvalue weighted by atomic mass is 35.5. The molecule has 2 aromatic carbocycles. The standard InChI is InChI=1S/C27H31ClFNO4/c1-16(2)10-11-34-25-22(28)12-19(13-23(25)29)27(5)14-24(31)30(15-21(27)17(3)4)20-8-6-18(7-9-20)26(32)33/h6-9,12-13,15-17H,10-11,14H2,1-5H3,(H,32,33)/t27-/m0/s1. The summed E-state index contributed by atoms with van der Waals surface area (Å²) in [5.74, 6) is -1.23. The summed E-state index contributed by atoms with van der Waals surface area (Å²) in [5.41, 5.74) is 1.52. The van der Waals surface area contributed by atoms with E-state index >= 15 is 4.39 Å². The molecule has 1 atom stereocenters. The summed E-state index contributed by atoms with van der Waals surface area (Å²) in [7, 11) is 0. The molecular weight excluding hydrogens is 457 g/mol. The van der Waals surface area contributed by atoms with Gasteiger partial charge in [-0.3, -0.25) is 9.69 Å². The number of halogens is 2. The molecule has 182 valence electrons. The van der Waals surface area contributed by atoms with E-state index in [9.17, 15) is 9.59 Å². The minimum Gasteiger partial charge on any atom is -0.489 e. The van der Waals surface area contributed by atoms with Crippen LogP contribution in [0.1, 0.15) is 63.4 Å². The summed E-state index contributed by atoms with van der Waals surface area (Å²) in [4.78, 5) is 25.9. The first-order chi connectivity index (χ1) is 15.9. The average Bonchev–Trinajstić information content (AvgIpc) is 2.75. The number of carbonyl (C=O) groups excluding carboxylic acids is 1. The first-order valence-corrected chi connectivity index (χ1v) is 11.8. The Morgan fingerprint density at radius 2 is 1.85 bits per heavy atom. The summed E-state index contributed by atoms with van der Waals surface area (Å²) < 4.78 is 20.7. The number of nitrogens with zero attached hydrogens (tertiary/aromatic N) is 1. The van der Waals surface area contributed by atoms with Gasteiger partial charge >= 0.3 is 5.97 Å². The van der Waals surface area contributed by atoms with Gasteiger partial charge in [0, 0.05) is 23.7 Å². The minimum absolute atomic E-state index is 0.0343. The Morgan fingerprint density at radius 3 is 2.38 bits per heavy atom. The third-order valence-electron chi connectivity index (χ3n) is 6.27. The Kier molecular flexibility index (Phi) is 7.71. The molecule has 0 fully saturated rings. The maximum atomic E-state index is 15.1. The lowest BCUT2D eigenvalue weighted by Gasteiger charge is -2.41. The van der Waals surface area contributed by atoms with Crippen LogP contribution in [-0.2, 0) is 10.2 Å². The fourth-order valence-electron chi connectivity index (χ4n) is 4.29. The number of rotatable bonds is 8. The van der Waals surface area contributed by atoms with Crippen molar-refractivity contribution in [3.05, 3.63) is 70.1 Å². The molecule has 0 unspecified atom stereocenters. The fourth-order valence-corrected chi connectivity index (χ4v) is 4.56. The van der Waals surface area contributed by atoms with Crippen LogP contribution < -0.4 is 9.64 Å². The second kappa shape index (κ2) is 10.2. The number of carboxylic acids is 1. The topological polar surface area (TPSA) is 66.8 Å². The molecule has 34 heavy (non-hydrogen) atoms. The van der Waals surface area contributed by atoms with Gasteiger partial charge in [-0.2, -0.15) is 0 Å². The van der Waals surface area contributed by atoms with E-state index in [1.165, 1.54) is 23.1 Å². The van der Waals surface area contributed by atoms with Gasteiger partial charge in [0.2, 0.25) is 5.91 Å². The summed E-state index contributed by atoms with van der Waals surface area (Å²) in [5, 5.41) is 9.32. The molecule has 0 bridgehead atoms. The Hall–Kier alpha value is -2.86. The lowest BCUT2D eigenvalue weighted by Crippen LogP contribution is -2.42. The van der Waals surface area contributed by atoms with Gasteiger partial charge in [-0.05, 0) is 65.8 Å². The Labute approximate surface area is 205 Å². The van der Waals surface area contributed by atoms with Crippen LogP contribution in [-0.4, -0.2) is 23.6 Å². The molecule has 0 spiro atoms. The van der Waals surface area contributed by atoms with Crippen LogP contribution in [0.3, 0.4) is 0 Å². The van der Waals surface area contributed by atoms with Gasteiger partial charge in [-0.1, -0.05) is 46.2 Å². The second-order valence-corrected chi connectivity index (χ2v) is 10.1. The molecule has 1 heterocycles. The monoisotopic (exact) mass is 487 g/mol. The molecule has 0 saturated heterocycles. The maximum Gasteiger partial charge on any atom is 0.335 e. The van der Waals surface area contributed by atoms with Crippen LogP contribution in [0, 0.1) is 17.7 Å². The molecule has 2 aromatic rings. The number of benzene rings is 2. The van der Waals surface area contributed by atoms with Gasteiger partial charge in [0.1, 0.15) is 0 Å². The highest BCUT2D eigenvalue weighted by Gasteiger charge is 2.41. The van der Waals surface area contributed by atoms with Crippen LogP contribution in [0.4, 0.5) is 10.1 Å². The maximum absolute atomic E-state index is 15.1. The zero-order chi connectivity index (χ0) is 25.2. The van der Waals surface area contributed by atoms with Gasteiger partial charge in [-0.25, -0.2) is 9.18 Å². The van der Waals surface area contributed by atoms with Crippen molar-refractivity contribution >= 4 is 29.2 Å². The van der Waals surface area contributed by atoms with E-state index < -0.39 is 17.2 Å². The van der Waals surface area contributed by atoms with Crippen molar-refractivity contribution in [1.29, 1.82) is 0 Å². The normalized spacial score (nSPS) is 18.4. The lowest BCUT2D eigenvalue weighted by molar-refractivity contribution is -0.119. The number of carbonyl (C=O) groups is 2. The van der Waals surface area contributed by atoms with E-state index in [2.05, 4.69) is 13.8 Å². The van der Waals surface area contributed by atoms with Crippen LogP contribution in [0.5, 0.6) is 5.75 Å². The summed E-state index contributed by atoms with van der Waals surface area (Å²) in [6.07, 6.45) is 2.68. The van der Waals surface area contributed by atoms with E-state index in [1.54, 1.807) is 24.4 Å². The van der Waals surface area contributed by atoms with Gasteiger partial charge < -0.3 is 9.84 Å². The third kappa shape index (κ3) is 5.27. The van der Waals surface area contributed by atoms with Gasteiger partial charge in [-0.15, -0.1) is 0 Å². The van der Waals surface area contributed by atoms with Crippen LogP contribution in [0.2, 0.25) is 5.02 Å². The Morgan fingerprint density at radius 1 is 1.21 bits per heavy atom. The van der Waals surface area contributed by atoms with E-state index in [0.29, 0.717) is 23.8 Å². The van der Waals surface area contributed by atoms with Crippen LogP contribution in [0.15, 0.2) is 48.2 Å². The Bertz CT molecular complexity index is 1090. The number of amides is 1. The van der Waals surface area contributed by atoms with Crippen molar-refractivity contribution in [1.82, 2.24) is 0 Å². The van der Waals surface area contributed by atoms with Gasteiger partial charge in [0.25, 0.3) is 0 Å². The molecule has 1 N–H and O–H groups in total. The first-order valence-electron chi connectivity index (χ1n) is 11.4. The van der Waals surface area contributed by atoms with Gasteiger partial charge in [0.05, 0.1) is 17.2 Å². The highest BCUT2D eigenvalue weighted by molar-refractivity contribution is 6.32. The van der Waals surface area contributed by atoms with Gasteiger partial charge in [0.15, 0.2) is 11.6 Å². The molecule has 7 heteroatoms. The minimum atomic E-state index is -1.03. The van der Waals surface area contributed by atoms with Crippen LogP contribution >= 0.6 is 11.6 Å². The molecule has 0 aliphatic carbocycles. The highest BCUT2D eigenvalue weighted by Crippen LogP contribution is 2.45. The average molecular weight is 488 g/mol. The van der Waals surface area contributed by atoms with E-state index in [1.807, 2.05) is 20.8 Å². The number of ether oxygens (including phenoxy) is 1. The molecule has 5 nitrogen and oxygen atoms in total. The summed E-state index contributed by atoms with van der Waals surface area (Å²) in [6.45, 7) is 10.5. The number of aromatic carboxylic acids is 1.